The van der Waals surface area contributed by atoms with Crippen LogP contribution in [0.5, 0.6) is 0 Å². The smallest absolute Gasteiger partial charge is 0.128 e. The van der Waals surface area contributed by atoms with Crippen LogP contribution in [0.3, 0.4) is 0 Å². The Morgan fingerprint density at radius 1 is 1.59 bits per heavy atom. The Hall–Kier alpha value is -0.580. The number of imidazole rings is 1. The molecule has 1 atom stereocenters. The van der Waals surface area contributed by atoms with Gasteiger partial charge in [-0.2, -0.15) is 0 Å². The fourth-order valence-corrected chi connectivity index (χ4v) is 2.13. The van der Waals surface area contributed by atoms with E-state index >= 15 is 0 Å². The lowest BCUT2D eigenvalue weighted by atomic mass is 9.94. The van der Waals surface area contributed by atoms with E-state index in [2.05, 4.69) is 24.1 Å². The molecule has 0 aliphatic heterocycles. The summed E-state index contributed by atoms with van der Waals surface area (Å²) in [6.45, 7) is 7.22. The predicted molar refractivity (Wildman–Crippen MR) is 70.0 cm³/mol. The van der Waals surface area contributed by atoms with Crippen LogP contribution in [0.2, 0.25) is 5.15 Å². The van der Waals surface area contributed by atoms with Crippen molar-refractivity contribution in [3.8, 4) is 0 Å². The van der Waals surface area contributed by atoms with Crippen molar-refractivity contribution in [1.29, 1.82) is 0 Å². The first-order valence-corrected chi connectivity index (χ1v) is 6.29. The van der Waals surface area contributed by atoms with Gasteiger partial charge in [0.1, 0.15) is 11.0 Å². The molecule has 4 nitrogen and oxygen atoms in total. The highest BCUT2D eigenvalue weighted by Gasteiger charge is 2.21. The molecule has 0 aromatic carbocycles. The van der Waals surface area contributed by atoms with Crippen LogP contribution in [-0.2, 0) is 13.6 Å². The minimum atomic E-state index is -0.677. The highest BCUT2D eigenvalue weighted by atomic mass is 35.5. The summed E-state index contributed by atoms with van der Waals surface area (Å²) in [6, 6.07) is 0. The molecule has 2 N–H and O–H groups in total. The Kier molecular flexibility index (Phi) is 4.98. The van der Waals surface area contributed by atoms with Gasteiger partial charge >= 0.3 is 0 Å². The van der Waals surface area contributed by atoms with E-state index in [-0.39, 0.29) is 0 Å². The molecule has 0 saturated heterocycles. The van der Waals surface area contributed by atoms with Crippen molar-refractivity contribution in [2.45, 2.75) is 39.3 Å². The molecule has 17 heavy (non-hydrogen) atoms. The molecule has 98 valence electrons. The van der Waals surface area contributed by atoms with Crippen LogP contribution in [-0.4, -0.2) is 26.8 Å². The van der Waals surface area contributed by atoms with Crippen molar-refractivity contribution < 1.29 is 5.11 Å². The highest BCUT2D eigenvalue weighted by Crippen LogP contribution is 2.15. The normalized spacial score (nSPS) is 15.2. The SMILES string of the molecule is CC(C)CC(C)(O)CNCc1ncc(Cl)n1C. The van der Waals surface area contributed by atoms with Crippen molar-refractivity contribution in [1.82, 2.24) is 14.9 Å². The van der Waals surface area contributed by atoms with E-state index in [9.17, 15) is 5.11 Å². The summed E-state index contributed by atoms with van der Waals surface area (Å²) in [7, 11) is 1.87. The molecule has 1 unspecified atom stereocenters. The molecule has 0 aliphatic carbocycles. The molecule has 1 heterocycles. The summed E-state index contributed by atoms with van der Waals surface area (Å²) < 4.78 is 1.83. The second-order valence-corrected chi connectivity index (χ2v) is 5.64. The van der Waals surface area contributed by atoms with E-state index in [0.717, 1.165) is 12.2 Å². The van der Waals surface area contributed by atoms with Crippen LogP contribution in [0.15, 0.2) is 6.20 Å². The first kappa shape index (κ1) is 14.5. The molecule has 5 heteroatoms. The van der Waals surface area contributed by atoms with E-state index < -0.39 is 5.60 Å². The molecule has 0 bridgehead atoms. The average molecular weight is 260 g/mol. The lowest BCUT2D eigenvalue weighted by molar-refractivity contribution is 0.0381. The third kappa shape index (κ3) is 4.66. The number of nitrogens with zero attached hydrogens (tertiary/aromatic N) is 2. The molecule has 0 amide bonds. The van der Waals surface area contributed by atoms with Gasteiger partial charge in [0.15, 0.2) is 0 Å². The Morgan fingerprint density at radius 2 is 2.24 bits per heavy atom. The van der Waals surface area contributed by atoms with Crippen LogP contribution in [0.1, 0.15) is 33.0 Å². The fraction of sp³-hybridized carbons (Fsp3) is 0.750. The number of aromatic nitrogens is 2. The minimum absolute atomic E-state index is 0.481. The zero-order valence-corrected chi connectivity index (χ0v) is 11.8. The van der Waals surface area contributed by atoms with Gasteiger partial charge in [0.25, 0.3) is 0 Å². The lowest BCUT2D eigenvalue weighted by Gasteiger charge is -2.25. The van der Waals surface area contributed by atoms with Crippen molar-refractivity contribution in [3.05, 3.63) is 17.2 Å². The Labute approximate surface area is 108 Å². The van der Waals surface area contributed by atoms with E-state index in [1.165, 1.54) is 0 Å². The lowest BCUT2D eigenvalue weighted by Crippen LogP contribution is -2.38. The van der Waals surface area contributed by atoms with Crippen LogP contribution >= 0.6 is 11.6 Å². The maximum Gasteiger partial charge on any atom is 0.128 e. The summed E-state index contributed by atoms with van der Waals surface area (Å²) >= 11 is 5.89. The number of aliphatic hydroxyl groups is 1. The van der Waals surface area contributed by atoms with Crippen molar-refractivity contribution in [3.63, 3.8) is 0 Å². The second kappa shape index (κ2) is 5.85. The molecule has 0 radical (unpaired) electrons. The number of halogens is 1. The predicted octanol–water partition coefficient (Wildman–Crippen LogP) is 1.96. The monoisotopic (exact) mass is 259 g/mol. The summed E-state index contributed by atoms with van der Waals surface area (Å²) in [6.07, 6.45) is 2.41. The first-order chi connectivity index (χ1) is 7.82. The molecule has 1 rings (SSSR count). The molecule has 0 spiro atoms. The topological polar surface area (TPSA) is 50.1 Å². The van der Waals surface area contributed by atoms with E-state index in [4.69, 9.17) is 11.6 Å². The second-order valence-electron chi connectivity index (χ2n) is 5.25. The summed E-state index contributed by atoms with van der Waals surface area (Å²) in [4.78, 5) is 4.18. The quantitative estimate of drug-likeness (QED) is 0.821. The maximum absolute atomic E-state index is 10.1. The van der Waals surface area contributed by atoms with Crippen LogP contribution in [0.4, 0.5) is 0 Å². The first-order valence-electron chi connectivity index (χ1n) is 5.91. The van der Waals surface area contributed by atoms with E-state index in [1.54, 1.807) is 6.20 Å². The Morgan fingerprint density at radius 3 is 2.71 bits per heavy atom. The fourth-order valence-electron chi connectivity index (χ4n) is 1.98. The van der Waals surface area contributed by atoms with Gasteiger partial charge in [0, 0.05) is 13.6 Å². The standard InChI is InChI=1S/C12H22ClN3O/c1-9(2)5-12(3,17)8-14-7-11-15-6-10(13)16(11)4/h6,9,14,17H,5,7-8H2,1-4H3. The zero-order valence-electron chi connectivity index (χ0n) is 11.0. The molecule has 0 fully saturated rings. The maximum atomic E-state index is 10.1. The van der Waals surface area contributed by atoms with Gasteiger partial charge in [0.2, 0.25) is 0 Å². The molecule has 1 aromatic rings. The largest absolute Gasteiger partial charge is 0.389 e. The summed E-state index contributed by atoms with van der Waals surface area (Å²) in [5.74, 6) is 1.35. The summed E-state index contributed by atoms with van der Waals surface area (Å²) in [5.41, 5.74) is -0.677. The van der Waals surface area contributed by atoms with Gasteiger partial charge in [-0.25, -0.2) is 4.98 Å². The van der Waals surface area contributed by atoms with Crippen LogP contribution in [0.25, 0.3) is 0 Å². The molecular weight excluding hydrogens is 238 g/mol. The Bertz CT molecular complexity index is 361. The van der Waals surface area contributed by atoms with E-state index in [1.807, 2.05) is 18.5 Å². The van der Waals surface area contributed by atoms with Gasteiger partial charge < -0.3 is 15.0 Å². The summed E-state index contributed by atoms with van der Waals surface area (Å²) in [5, 5.41) is 14.0. The average Bonchev–Trinajstić information content (AvgIpc) is 2.47. The van der Waals surface area contributed by atoms with Gasteiger partial charge in [-0.3, -0.25) is 0 Å². The van der Waals surface area contributed by atoms with Crippen LogP contribution in [0, 0.1) is 5.92 Å². The Balaban J connectivity index is 2.40. The number of hydrogen-bond acceptors (Lipinski definition) is 3. The van der Waals surface area contributed by atoms with Gasteiger partial charge in [-0.1, -0.05) is 25.4 Å². The third-order valence-corrected chi connectivity index (χ3v) is 3.02. The van der Waals surface area contributed by atoms with Gasteiger partial charge in [-0.15, -0.1) is 0 Å². The number of rotatable bonds is 6. The minimum Gasteiger partial charge on any atom is -0.389 e. The van der Waals surface area contributed by atoms with Crippen molar-refractivity contribution in [2.24, 2.45) is 13.0 Å². The van der Waals surface area contributed by atoms with Gasteiger partial charge in [0.05, 0.1) is 18.3 Å². The molecule has 0 aliphatic rings. The molecular formula is C12H22ClN3O. The number of hydrogen-bond donors (Lipinski definition) is 2. The van der Waals surface area contributed by atoms with Gasteiger partial charge in [-0.05, 0) is 19.3 Å². The zero-order chi connectivity index (χ0) is 13.1. The van der Waals surface area contributed by atoms with Crippen molar-refractivity contribution >= 4 is 11.6 Å². The third-order valence-electron chi connectivity index (χ3n) is 2.66. The van der Waals surface area contributed by atoms with Crippen LogP contribution < -0.4 is 5.32 Å². The van der Waals surface area contributed by atoms with E-state index in [0.29, 0.717) is 24.2 Å². The number of nitrogens with one attached hydrogen (secondary N) is 1. The highest BCUT2D eigenvalue weighted by molar-refractivity contribution is 6.29. The molecule has 1 aromatic heterocycles. The molecule has 0 saturated carbocycles. The van der Waals surface area contributed by atoms with Crippen molar-refractivity contribution in [2.75, 3.05) is 6.54 Å².